The molecule has 0 fully saturated rings. The SMILES string of the molecule is Cc1cc(NC(=O)OC(C)(C)C)cc(N)c1C. The van der Waals surface area contributed by atoms with Crippen LogP contribution in [0.15, 0.2) is 12.1 Å². The van der Waals surface area contributed by atoms with Crippen LogP contribution >= 0.6 is 0 Å². The van der Waals surface area contributed by atoms with Crippen LogP contribution in [0.25, 0.3) is 0 Å². The van der Waals surface area contributed by atoms with Crippen LogP contribution in [-0.4, -0.2) is 11.7 Å². The van der Waals surface area contributed by atoms with E-state index in [1.165, 1.54) is 0 Å². The molecule has 1 aromatic rings. The van der Waals surface area contributed by atoms with Crippen molar-refractivity contribution in [2.45, 2.75) is 40.2 Å². The highest BCUT2D eigenvalue weighted by Gasteiger charge is 2.16. The summed E-state index contributed by atoms with van der Waals surface area (Å²) >= 11 is 0. The van der Waals surface area contributed by atoms with Gasteiger partial charge < -0.3 is 10.5 Å². The van der Waals surface area contributed by atoms with E-state index in [1.807, 2.05) is 40.7 Å². The van der Waals surface area contributed by atoms with E-state index in [1.54, 1.807) is 6.07 Å². The lowest BCUT2D eigenvalue weighted by Gasteiger charge is -2.20. The summed E-state index contributed by atoms with van der Waals surface area (Å²) in [5, 5.41) is 2.67. The van der Waals surface area contributed by atoms with Gasteiger partial charge in [0.25, 0.3) is 0 Å². The maximum atomic E-state index is 11.6. The van der Waals surface area contributed by atoms with Crippen LogP contribution in [0.2, 0.25) is 0 Å². The Balaban J connectivity index is 2.79. The van der Waals surface area contributed by atoms with Gasteiger partial charge in [0, 0.05) is 11.4 Å². The molecule has 0 aliphatic carbocycles. The van der Waals surface area contributed by atoms with Crippen molar-refractivity contribution in [2.24, 2.45) is 0 Å². The van der Waals surface area contributed by atoms with Crippen molar-refractivity contribution in [3.05, 3.63) is 23.3 Å². The maximum absolute atomic E-state index is 11.6. The van der Waals surface area contributed by atoms with E-state index in [4.69, 9.17) is 10.5 Å². The standard InChI is InChI=1S/C13H20N2O2/c1-8-6-10(7-11(14)9(8)2)15-12(16)17-13(3,4)5/h6-7H,14H2,1-5H3,(H,15,16). The highest BCUT2D eigenvalue weighted by molar-refractivity contribution is 5.86. The van der Waals surface area contributed by atoms with Crippen molar-refractivity contribution in [1.82, 2.24) is 0 Å². The number of nitrogens with one attached hydrogen (secondary N) is 1. The van der Waals surface area contributed by atoms with Gasteiger partial charge in [-0.05, 0) is 57.9 Å². The quantitative estimate of drug-likeness (QED) is 0.736. The molecular formula is C13H20N2O2. The molecule has 0 aliphatic heterocycles. The summed E-state index contributed by atoms with van der Waals surface area (Å²) in [5.74, 6) is 0. The Morgan fingerprint density at radius 1 is 1.29 bits per heavy atom. The largest absolute Gasteiger partial charge is 0.444 e. The highest BCUT2D eigenvalue weighted by Crippen LogP contribution is 2.22. The number of aryl methyl sites for hydroxylation is 1. The van der Waals surface area contributed by atoms with E-state index in [-0.39, 0.29) is 0 Å². The molecule has 4 nitrogen and oxygen atoms in total. The summed E-state index contributed by atoms with van der Waals surface area (Å²) in [6.45, 7) is 9.36. The zero-order valence-corrected chi connectivity index (χ0v) is 11.0. The molecule has 94 valence electrons. The van der Waals surface area contributed by atoms with Crippen molar-refractivity contribution in [3.63, 3.8) is 0 Å². The van der Waals surface area contributed by atoms with Gasteiger partial charge >= 0.3 is 6.09 Å². The summed E-state index contributed by atoms with van der Waals surface area (Å²) in [4.78, 5) is 11.6. The van der Waals surface area contributed by atoms with Crippen LogP contribution in [0.4, 0.5) is 16.2 Å². The van der Waals surface area contributed by atoms with Gasteiger partial charge in [-0.2, -0.15) is 0 Å². The Hall–Kier alpha value is -1.71. The summed E-state index contributed by atoms with van der Waals surface area (Å²) in [6.07, 6.45) is -0.472. The number of ether oxygens (including phenoxy) is 1. The van der Waals surface area contributed by atoms with Gasteiger partial charge in [-0.25, -0.2) is 4.79 Å². The van der Waals surface area contributed by atoms with E-state index >= 15 is 0 Å². The fraction of sp³-hybridized carbons (Fsp3) is 0.462. The molecule has 0 aliphatic rings. The van der Waals surface area contributed by atoms with Crippen LogP contribution in [0.3, 0.4) is 0 Å². The molecule has 4 heteroatoms. The van der Waals surface area contributed by atoms with Crippen molar-refractivity contribution < 1.29 is 9.53 Å². The van der Waals surface area contributed by atoms with E-state index in [2.05, 4.69) is 5.32 Å². The summed E-state index contributed by atoms with van der Waals surface area (Å²) in [7, 11) is 0. The van der Waals surface area contributed by atoms with E-state index in [9.17, 15) is 4.79 Å². The fourth-order valence-electron chi connectivity index (χ4n) is 1.38. The molecule has 0 saturated heterocycles. The van der Waals surface area contributed by atoms with Crippen LogP contribution < -0.4 is 11.1 Å². The number of carbonyl (C=O) groups excluding carboxylic acids is 1. The number of hydrogen-bond donors (Lipinski definition) is 2. The first-order valence-electron chi connectivity index (χ1n) is 5.56. The average molecular weight is 236 g/mol. The first kappa shape index (κ1) is 13.4. The lowest BCUT2D eigenvalue weighted by molar-refractivity contribution is 0.0636. The Morgan fingerprint density at radius 3 is 2.35 bits per heavy atom. The number of rotatable bonds is 1. The second kappa shape index (κ2) is 4.65. The molecule has 0 bridgehead atoms. The van der Waals surface area contributed by atoms with Crippen LogP contribution in [0.1, 0.15) is 31.9 Å². The predicted molar refractivity (Wildman–Crippen MR) is 70.2 cm³/mol. The minimum atomic E-state index is -0.505. The van der Waals surface area contributed by atoms with Gasteiger partial charge in [0.05, 0.1) is 0 Å². The predicted octanol–water partition coefficient (Wildman–Crippen LogP) is 3.23. The number of anilines is 2. The van der Waals surface area contributed by atoms with Crippen molar-refractivity contribution in [2.75, 3.05) is 11.1 Å². The van der Waals surface area contributed by atoms with E-state index in [0.717, 1.165) is 11.1 Å². The lowest BCUT2D eigenvalue weighted by atomic mass is 10.1. The van der Waals surface area contributed by atoms with E-state index < -0.39 is 11.7 Å². The number of carbonyl (C=O) groups is 1. The van der Waals surface area contributed by atoms with Gasteiger partial charge in [-0.15, -0.1) is 0 Å². The van der Waals surface area contributed by atoms with Crippen molar-refractivity contribution >= 4 is 17.5 Å². The maximum Gasteiger partial charge on any atom is 0.412 e. The number of amides is 1. The molecule has 3 N–H and O–H groups in total. The summed E-state index contributed by atoms with van der Waals surface area (Å²) < 4.78 is 5.16. The van der Waals surface area contributed by atoms with Gasteiger partial charge in [0.1, 0.15) is 5.60 Å². The lowest BCUT2D eigenvalue weighted by Crippen LogP contribution is -2.27. The molecule has 0 heterocycles. The Labute approximate surface area is 102 Å². The third-order valence-corrected chi connectivity index (χ3v) is 2.35. The molecule has 0 unspecified atom stereocenters. The minimum absolute atomic E-state index is 0.472. The molecule has 17 heavy (non-hydrogen) atoms. The molecule has 1 aromatic carbocycles. The zero-order valence-electron chi connectivity index (χ0n) is 11.0. The van der Waals surface area contributed by atoms with Crippen molar-refractivity contribution in [3.8, 4) is 0 Å². The second-order valence-electron chi connectivity index (χ2n) is 5.13. The van der Waals surface area contributed by atoms with Gasteiger partial charge in [0.15, 0.2) is 0 Å². The average Bonchev–Trinajstić information content (AvgIpc) is 2.10. The molecule has 0 radical (unpaired) electrons. The first-order valence-corrected chi connectivity index (χ1v) is 5.56. The van der Waals surface area contributed by atoms with Gasteiger partial charge in [0.2, 0.25) is 0 Å². The Morgan fingerprint density at radius 2 is 1.88 bits per heavy atom. The van der Waals surface area contributed by atoms with E-state index in [0.29, 0.717) is 11.4 Å². The summed E-state index contributed by atoms with van der Waals surface area (Å²) in [6, 6.07) is 3.60. The number of benzene rings is 1. The zero-order chi connectivity index (χ0) is 13.2. The van der Waals surface area contributed by atoms with Crippen LogP contribution in [0.5, 0.6) is 0 Å². The molecule has 0 spiro atoms. The molecule has 0 aromatic heterocycles. The molecule has 1 amide bonds. The number of nitrogens with two attached hydrogens (primary N) is 1. The summed E-state index contributed by atoms with van der Waals surface area (Å²) in [5.41, 5.74) is 8.71. The van der Waals surface area contributed by atoms with Crippen LogP contribution in [-0.2, 0) is 4.74 Å². The molecule has 0 saturated carbocycles. The minimum Gasteiger partial charge on any atom is -0.444 e. The number of nitrogen functional groups attached to an aromatic ring is 1. The molecule has 0 atom stereocenters. The normalized spacial score (nSPS) is 11.1. The van der Waals surface area contributed by atoms with Crippen molar-refractivity contribution in [1.29, 1.82) is 0 Å². The Bertz CT molecular complexity index is 411. The fourth-order valence-corrected chi connectivity index (χ4v) is 1.38. The number of hydrogen-bond acceptors (Lipinski definition) is 3. The Kier molecular flexibility index (Phi) is 3.66. The third kappa shape index (κ3) is 3.98. The second-order valence-corrected chi connectivity index (χ2v) is 5.13. The monoisotopic (exact) mass is 236 g/mol. The first-order chi connectivity index (χ1) is 7.69. The van der Waals surface area contributed by atoms with Gasteiger partial charge in [-0.3, -0.25) is 5.32 Å². The molecule has 1 rings (SSSR count). The smallest absolute Gasteiger partial charge is 0.412 e. The third-order valence-electron chi connectivity index (χ3n) is 2.35. The van der Waals surface area contributed by atoms with Crippen LogP contribution in [0, 0.1) is 13.8 Å². The highest BCUT2D eigenvalue weighted by atomic mass is 16.6. The van der Waals surface area contributed by atoms with Gasteiger partial charge in [-0.1, -0.05) is 0 Å². The molecular weight excluding hydrogens is 216 g/mol. The topological polar surface area (TPSA) is 64.3 Å².